The number of hydrogen-bond acceptors (Lipinski definition) is 4. The Labute approximate surface area is 122 Å². The standard InChI is InChI=1S/C16H27NO3/c1-12(2)17-9-14-6-5-7-16(8-14)20-11-15(18)10-19-13(3)4/h5-8,12-13,15,17-18H,9-11H2,1-4H3. The number of nitrogens with one attached hydrogen (secondary N) is 1. The third-order valence-electron chi connectivity index (χ3n) is 2.68. The molecule has 0 saturated heterocycles. The zero-order chi connectivity index (χ0) is 15.0. The van der Waals surface area contributed by atoms with Crippen molar-refractivity contribution < 1.29 is 14.6 Å². The molecule has 0 bridgehead atoms. The van der Waals surface area contributed by atoms with Crippen LogP contribution in [0.2, 0.25) is 0 Å². The van der Waals surface area contributed by atoms with E-state index in [1.165, 1.54) is 5.56 Å². The van der Waals surface area contributed by atoms with Gasteiger partial charge in [-0.25, -0.2) is 0 Å². The van der Waals surface area contributed by atoms with Crippen LogP contribution in [0.5, 0.6) is 5.75 Å². The molecule has 1 unspecified atom stereocenters. The summed E-state index contributed by atoms with van der Waals surface area (Å²) in [6.07, 6.45) is -0.482. The minimum atomic E-state index is -0.602. The summed E-state index contributed by atoms with van der Waals surface area (Å²) in [5.74, 6) is 0.775. The number of aliphatic hydroxyl groups excluding tert-OH is 1. The van der Waals surface area contributed by atoms with Crippen LogP contribution in [-0.2, 0) is 11.3 Å². The van der Waals surface area contributed by atoms with Crippen molar-refractivity contribution in [1.82, 2.24) is 5.32 Å². The largest absolute Gasteiger partial charge is 0.491 e. The summed E-state index contributed by atoms with van der Waals surface area (Å²) in [4.78, 5) is 0. The second-order valence-corrected chi connectivity index (χ2v) is 5.53. The van der Waals surface area contributed by atoms with E-state index >= 15 is 0 Å². The molecule has 4 nitrogen and oxygen atoms in total. The van der Waals surface area contributed by atoms with Crippen molar-refractivity contribution in [2.45, 2.75) is 52.5 Å². The highest BCUT2D eigenvalue weighted by atomic mass is 16.5. The lowest BCUT2D eigenvalue weighted by Gasteiger charge is -2.15. The first-order chi connectivity index (χ1) is 9.47. The van der Waals surface area contributed by atoms with E-state index in [2.05, 4.69) is 25.2 Å². The van der Waals surface area contributed by atoms with Gasteiger partial charge in [-0.3, -0.25) is 0 Å². The fourth-order valence-electron chi connectivity index (χ4n) is 1.61. The van der Waals surface area contributed by atoms with Crippen molar-refractivity contribution in [3.63, 3.8) is 0 Å². The van der Waals surface area contributed by atoms with E-state index in [0.29, 0.717) is 12.6 Å². The van der Waals surface area contributed by atoms with E-state index in [-0.39, 0.29) is 12.7 Å². The topological polar surface area (TPSA) is 50.7 Å². The van der Waals surface area contributed by atoms with E-state index in [0.717, 1.165) is 12.3 Å². The van der Waals surface area contributed by atoms with Crippen molar-refractivity contribution >= 4 is 0 Å². The Hall–Kier alpha value is -1.10. The molecule has 1 aromatic rings. The molecule has 0 spiro atoms. The van der Waals surface area contributed by atoms with E-state index in [1.807, 2.05) is 32.0 Å². The second-order valence-electron chi connectivity index (χ2n) is 5.53. The molecule has 1 atom stereocenters. The maximum atomic E-state index is 9.74. The van der Waals surface area contributed by atoms with Gasteiger partial charge in [-0.2, -0.15) is 0 Å². The second kappa shape index (κ2) is 8.95. The molecule has 0 radical (unpaired) electrons. The van der Waals surface area contributed by atoms with Crippen molar-refractivity contribution in [1.29, 1.82) is 0 Å². The lowest BCUT2D eigenvalue weighted by atomic mass is 10.2. The van der Waals surface area contributed by atoms with Crippen LogP contribution in [0.4, 0.5) is 0 Å². The first kappa shape index (κ1) is 17.0. The number of hydrogen-bond donors (Lipinski definition) is 2. The molecule has 114 valence electrons. The zero-order valence-corrected chi connectivity index (χ0v) is 12.9. The molecule has 0 fully saturated rings. The first-order valence-corrected chi connectivity index (χ1v) is 7.22. The number of benzene rings is 1. The van der Waals surface area contributed by atoms with Crippen molar-refractivity contribution in [3.8, 4) is 5.75 Å². The molecule has 0 aromatic heterocycles. The van der Waals surface area contributed by atoms with Crippen molar-refractivity contribution in [2.75, 3.05) is 13.2 Å². The Morgan fingerprint density at radius 3 is 2.55 bits per heavy atom. The van der Waals surface area contributed by atoms with E-state index < -0.39 is 6.10 Å². The third kappa shape index (κ3) is 7.48. The highest BCUT2D eigenvalue weighted by Crippen LogP contribution is 2.13. The van der Waals surface area contributed by atoms with Gasteiger partial charge in [0.2, 0.25) is 0 Å². The minimum absolute atomic E-state index is 0.120. The van der Waals surface area contributed by atoms with Crippen LogP contribution in [0.15, 0.2) is 24.3 Å². The quantitative estimate of drug-likeness (QED) is 0.729. The SMILES string of the molecule is CC(C)NCc1cccc(OCC(O)COC(C)C)c1. The molecule has 0 aliphatic rings. The van der Waals surface area contributed by atoms with Crippen LogP contribution < -0.4 is 10.1 Å². The van der Waals surface area contributed by atoms with Gasteiger partial charge in [0.15, 0.2) is 0 Å². The average Bonchev–Trinajstić information content (AvgIpc) is 2.41. The van der Waals surface area contributed by atoms with E-state index in [9.17, 15) is 5.11 Å². The Morgan fingerprint density at radius 2 is 1.90 bits per heavy atom. The van der Waals surface area contributed by atoms with Crippen LogP contribution in [0.1, 0.15) is 33.3 Å². The molecule has 0 aliphatic carbocycles. The predicted molar refractivity (Wildman–Crippen MR) is 81.0 cm³/mol. The van der Waals surface area contributed by atoms with Gasteiger partial charge in [-0.05, 0) is 31.5 Å². The predicted octanol–water partition coefficient (Wildman–Crippen LogP) is 2.35. The summed E-state index contributed by atoms with van der Waals surface area (Å²) in [7, 11) is 0. The maximum Gasteiger partial charge on any atom is 0.119 e. The van der Waals surface area contributed by atoms with Crippen LogP contribution in [0.3, 0.4) is 0 Å². The molecule has 20 heavy (non-hydrogen) atoms. The smallest absolute Gasteiger partial charge is 0.119 e. The van der Waals surface area contributed by atoms with Crippen molar-refractivity contribution in [2.24, 2.45) is 0 Å². The van der Waals surface area contributed by atoms with Crippen LogP contribution in [0.25, 0.3) is 0 Å². The molecular formula is C16H27NO3. The molecule has 2 N–H and O–H groups in total. The highest BCUT2D eigenvalue weighted by molar-refractivity contribution is 5.28. The van der Waals surface area contributed by atoms with Gasteiger partial charge in [0.25, 0.3) is 0 Å². The normalized spacial score (nSPS) is 12.9. The lowest BCUT2D eigenvalue weighted by Crippen LogP contribution is -2.25. The van der Waals surface area contributed by atoms with Crippen LogP contribution in [-0.4, -0.2) is 36.6 Å². The monoisotopic (exact) mass is 281 g/mol. The van der Waals surface area contributed by atoms with Gasteiger partial charge in [-0.15, -0.1) is 0 Å². The third-order valence-corrected chi connectivity index (χ3v) is 2.68. The molecule has 0 heterocycles. The molecular weight excluding hydrogens is 254 g/mol. The maximum absolute atomic E-state index is 9.74. The molecule has 1 aromatic carbocycles. The molecule has 4 heteroatoms. The van der Waals surface area contributed by atoms with Gasteiger partial charge in [0.05, 0.1) is 12.7 Å². The van der Waals surface area contributed by atoms with Crippen LogP contribution >= 0.6 is 0 Å². The Bertz CT molecular complexity index is 380. The summed E-state index contributed by atoms with van der Waals surface area (Å²) in [5.41, 5.74) is 1.17. The van der Waals surface area contributed by atoms with Crippen molar-refractivity contribution in [3.05, 3.63) is 29.8 Å². The molecule has 0 saturated carbocycles. The molecule has 0 aliphatic heterocycles. The van der Waals surface area contributed by atoms with Crippen LogP contribution in [0, 0.1) is 0 Å². The van der Waals surface area contributed by atoms with E-state index in [4.69, 9.17) is 9.47 Å². The average molecular weight is 281 g/mol. The van der Waals surface area contributed by atoms with Gasteiger partial charge >= 0.3 is 0 Å². The first-order valence-electron chi connectivity index (χ1n) is 7.22. The summed E-state index contributed by atoms with van der Waals surface area (Å²) in [5, 5.41) is 13.1. The fourth-order valence-corrected chi connectivity index (χ4v) is 1.61. The molecule has 1 rings (SSSR count). The zero-order valence-electron chi connectivity index (χ0n) is 12.9. The number of rotatable bonds is 9. The lowest BCUT2D eigenvalue weighted by molar-refractivity contribution is -0.0122. The molecule has 0 amide bonds. The Balaban J connectivity index is 2.37. The highest BCUT2D eigenvalue weighted by Gasteiger charge is 2.07. The van der Waals surface area contributed by atoms with Gasteiger partial charge in [0.1, 0.15) is 18.5 Å². The summed E-state index contributed by atoms with van der Waals surface area (Å²) in [6, 6.07) is 8.36. The summed E-state index contributed by atoms with van der Waals surface area (Å²) in [6.45, 7) is 9.47. The Kier molecular flexibility index (Phi) is 7.59. The summed E-state index contributed by atoms with van der Waals surface area (Å²) >= 11 is 0. The van der Waals surface area contributed by atoms with E-state index in [1.54, 1.807) is 0 Å². The van der Waals surface area contributed by atoms with Gasteiger partial charge in [-0.1, -0.05) is 26.0 Å². The van der Waals surface area contributed by atoms with Gasteiger partial charge < -0.3 is 19.9 Å². The number of ether oxygens (including phenoxy) is 2. The van der Waals surface area contributed by atoms with Gasteiger partial charge in [0, 0.05) is 12.6 Å². The summed E-state index contributed by atoms with van der Waals surface area (Å²) < 4.78 is 10.9. The number of aliphatic hydroxyl groups is 1. The fraction of sp³-hybridized carbons (Fsp3) is 0.625. The Morgan fingerprint density at radius 1 is 1.15 bits per heavy atom. The minimum Gasteiger partial charge on any atom is -0.491 e.